The van der Waals surface area contributed by atoms with Gasteiger partial charge in [0.2, 0.25) is 0 Å². The third kappa shape index (κ3) is 3.35. The van der Waals surface area contributed by atoms with Gasteiger partial charge in [-0.25, -0.2) is 0 Å². The van der Waals surface area contributed by atoms with Crippen molar-refractivity contribution in [1.82, 2.24) is 4.90 Å². The topological polar surface area (TPSA) is 57.6 Å². The Morgan fingerprint density at radius 3 is 2.84 bits per heavy atom. The number of carboxylic acids is 1. The van der Waals surface area contributed by atoms with Gasteiger partial charge in [0.25, 0.3) is 5.91 Å². The SMILES string of the molecule is CN(CCCC(=O)O)C(=O)c1csc2c1CCCC2. The number of hydrogen-bond acceptors (Lipinski definition) is 3. The van der Waals surface area contributed by atoms with E-state index in [2.05, 4.69) is 0 Å². The van der Waals surface area contributed by atoms with Crippen LogP contribution in [0.5, 0.6) is 0 Å². The quantitative estimate of drug-likeness (QED) is 0.902. The first-order chi connectivity index (χ1) is 9.09. The van der Waals surface area contributed by atoms with Crippen molar-refractivity contribution in [3.8, 4) is 0 Å². The lowest BCUT2D eigenvalue weighted by molar-refractivity contribution is -0.137. The summed E-state index contributed by atoms with van der Waals surface area (Å²) in [5.74, 6) is -0.779. The van der Waals surface area contributed by atoms with Gasteiger partial charge in [-0.05, 0) is 37.7 Å². The highest BCUT2D eigenvalue weighted by atomic mass is 32.1. The van der Waals surface area contributed by atoms with E-state index in [1.807, 2.05) is 5.38 Å². The van der Waals surface area contributed by atoms with Crippen molar-refractivity contribution in [3.63, 3.8) is 0 Å². The summed E-state index contributed by atoms with van der Waals surface area (Å²) in [6.45, 7) is 0.496. The van der Waals surface area contributed by atoms with Crippen LogP contribution in [0.25, 0.3) is 0 Å². The minimum Gasteiger partial charge on any atom is -0.481 e. The third-order valence-electron chi connectivity index (χ3n) is 3.52. The van der Waals surface area contributed by atoms with Crippen molar-refractivity contribution >= 4 is 23.2 Å². The molecule has 1 aromatic heterocycles. The normalized spacial score (nSPS) is 13.9. The lowest BCUT2D eigenvalue weighted by Crippen LogP contribution is -2.28. The van der Waals surface area contributed by atoms with E-state index in [1.165, 1.54) is 16.9 Å². The van der Waals surface area contributed by atoms with Crippen molar-refractivity contribution < 1.29 is 14.7 Å². The molecule has 0 atom stereocenters. The van der Waals surface area contributed by atoms with Gasteiger partial charge in [-0.3, -0.25) is 9.59 Å². The minimum atomic E-state index is -0.811. The second-order valence-electron chi connectivity index (χ2n) is 4.98. The van der Waals surface area contributed by atoms with Crippen LogP contribution >= 0.6 is 11.3 Å². The van der Waals surface area contributed by atoms with Crippen LogP contribution in [0, 0.1) is 0 Å². The second-order valence-corrected chi connectivity index (χ2v) is 5.95. The second kappa shape index (κ2) is 6.19. The first kappa shape index (κ1) is 14.1. The number of hydrogen-bond donors (Lipinski definition) is 1. The Bertz CT molecular complexity index is 481. The largest absolute Gasteiger partial charge is 0.481 e. The van der Waals surface area contributed by atoms with Crippen molar-refractivity contribution in [1.29, 1.82) is 0 Å². The standard InChI is InChI=1S/C14H19NO3S/c1-15(8-4-7-13(16)17)14(18)11-9-19-12-6-3-2-5-10(11)12/h9H,2-8H2,1H3,(H,16,17). The van der Waals surface area contributed by atoms with Crippen LogP contribution in [0.2, 0.25) is 0 Å². The maximum absolute atomic E-state index is 12.3. The van der Waals surface area contributed by atoms with Crippen molar-refractivity contribution in [2.24, 2.45) is 0 Å². The minimum absolute atomic E-state index is 0.0322. The summed E-state index contributed by atoms with van der Waals surface area (Å²) in [6.07, 6.45) is 5.09. The summed E-state index contributed by atoms with van der Waals surface area (Å²) in [5, 5.41) is 10.6. The zero-order chi connectivity index (χ0) is 13.8. The van der Waals surface area contributed by atoms with Gasteiger partial charge >= 0.3 is 5.97 Å². The predicted molar refractivity (Wildman–Crippen MR) is 74.8 cm³/mol. The number of rotatable bonds is 5. The molecule has 19 heavy (non-hydrogen) atoms. The Morgan fingerprint density at radius 1 is 1.37 bits per heavy atom. The van der Waals surface area contributed by atoms with Crippen molar-refractivity contribution in [2.45, 2.75) is 38.5 Å². The molecule has 0 radical (unpaired) electrons. The Balaban J connectivity index is 1.99. The first-order valence-corrected chi connectivity index (χ1v) is 7.54. The van der Waals surface area contributed by atoms with E-state index in [-0.39, 0.29) is 12.3 Å². The van der Waals surface area contributed by atoms with Gasteiger partial charge in [0.05, 0.1) is 5.56 Å². The summed E-state index contributed by atoms with van der Waals surface area (Å²) in [7, 11) is 1.75. The maximum Gasteiger partial charge on any atom is 0.303 e. The number of carbonyl (C=O) groups is 2. The molecule has 1 aromatic rings. The molecule has 1 aliphatic carbocycles. The third-order valence-corrected chi connectivity index (χ3v) is 4.61. The van der Waals surface area contributed by atoms with Crippen LogP contribution in [0.4, 0.5) is 0 Å². The molecule has 1 amide bonds. The van der Waals surface area contributed by atoms with Gasteiger partial charge in [0, 0.05) is 30.3 Å². The van der Waals surface area contributed by atoms with E-state index in [4.69, 9.17) is 5.11 Å². The smallest absolute Gasteiger partial charge is 0.303 e. The molecular formula is C14H19NO3S. The van der Waals surface area contributed by atoms with Gasteiger partial charge in [-0.2, -0.15) is 0 Å². The van der Waals surface area contributed by atoms with Crippen molar-refractivity contribution in [3.05, 3.63) is 21.4 Å². The molecule has 0 saturated heterocycles. The van der Waals surface area contributed by atoms with Crippen LogP contribution in [0.3, 0.4) is 0 Å². The highest BCUT2D eigenvalue weighted by molar-refractivity contribution is 7.10. The van der Waals surface area contributed by atoms with E-state index >= 15 is 0 Å². The highest BCUT2D eigenvalue weighted by Crippen LogP contribution is 2.30. The van der Waals surface area contributed by atoms with Crippen molar-refractivity contribution in [2.75, 3.05) is 13.6 Å². The van der Waals surface area contributed by atoms with Gasteiger partial charge in [-0.15, -0.1) is 11.3 Å². The predicted octanol–water partition coefficient (Wildman–Crippen LogP) is 2.56. The number of thiophene rings is 1. The number of aryl methyl sites for hydroxylation is 1. The van der Waals surface area contributed by atoms with Gasteiger partial charge < -0.3 is 10.0 Å². The lowest BCUT2D eigenvalue weighted by atomic mass is 9.95. The fraction of sp³-hybridized carbons (Fsp3) is 0.571. The molecule has 0 aromatic carbocycles. The molecule has 0 fully saturated rings. The van der Waals surface area contributed by atoms with Gasteiger partial charge in [-0.1, -0.05) is 0 Å². The van der Waals surface area contributed by atoms with Crippen LogP contribution < -0.4 is 0 Å². The number of amides is 1. The average molecular weight is 281 g/mol. The van der Waals surface area contributed by atoms with Crippen LogP contribution in [0.1, 0.15) is 46.5 Å². The number of carboxylic acid groups (broad SMARTS) is 1. The Kier molecular flexibility index (Phi) is 4.58. The molecule has 4 nitrogen and oxygen atoms in total. The number of aliphatic carboxylic acids is 1. The molecule has 1 aliphatic rings. The zero-order valence-electron chi connectivity index (χ0n) is 11.1. The summed E-state index contributed by atoms with van der Waals surface area (Å²) < 4.78 is 0. The van der Waals surface area contributed by atoms with Crippen LogP contribution in [0.15, 0.2) is 5.38 Å². The monoisotopic (exact) mass is 281 g/mol. The lowest BCUT2D eigenvalue weighted by Gasteiger charge is -2.18. The average Bonchev–Trinajstić information content (AvgIpc) is 2.81. The molecule has 0 aliphatic heterocycles. The summed E-state index contributed by atoms with van der Waals surface area (Å²) in [4.78, 5) is 25.8. The summed E-state index contributed by atoms with van der Waals surface area (Å²) in [6, 6.07) is 0. The zero-order valence-corrected chi connectivity index (χ0v) is 12.0. The molecular weight excluding hydrogens is 262 g/mol. The molecule has 0 saturated carbocycles. The number of carbonyl (C=O) groups excluding carboxylic acids is 1. The summed E-state index contributed by atoms with van der Waals surface area (Å²) in [5.41, 5.74) is 2.06. The van der Waals surface area contributed by atoms with Gasteiger partial charge in [0.1, 0.15) is 0 Å². The van der Waals surface area contributed by atoms with E-state index in [0.717, 1.165) is 24.8 Å². The van der Waals surface area contributed by atoms with Crippen LogP contribution in [-0.4, -0.2) is 35.5 Å². The number of fused-ring (bicyclic) bond motifs is 1. The van der Waals surface area contributed by atoms with E-state index in [9.17, 15) is 9.59 Å². The first-order valence-electron chi connectivity index (χ1n) is 6.66. The molecule has 5 heteroatoms. The van der Waals surface area contributed by atoms with E-state index in [0.29, 0.717) is 13.0 Å². The molecule has 1 heterocycles. The Morgan fingerprint density at radius 2 is 2.11 bits per heavy atom. The Labute approximate surface area is 117 Å². The van der Waals surface area contributed by atoms with E-state index in [1.54, 1.807) is 23.3 Å². The Hall–Kier alpha value is -1.36. The molecule has 0 unspecified atom stereocenters. The molecule has 1 N–H and O–H groups in total. The fourth-order valence-corrected chi connectivity index (χ4v) is 3.57. The highest BCUT2D eigenvalue weighted by Gasteiger charge is 2.22. The van der Waals surface area contributed by atoms with Gasteiger partial charge in [0.15, 0.2) is 0 Å². The maximum atomic E-state index is 12.3. The van der Waals surface area contributed by atoms with E-state index < -0.39 is 5.97 Å². The van der Waals surface area contributed by atoms with Crippen LogP contribution in [-0.2, 0) is 17.6 Å². The molecule has 104 valence electrons. The molecule has 2 rings (SSSR count). The molecule has 0 spiro atoms. The summed E-state index contributed by atoms with van der Waals surface area (Å²) >= 11 is 1.68. The fourth-order valence-electron chi connectivity index (χ4n) is 2.45. The molecule has 0 bridgehead atoms. The number of nitrogens with zero attached hydrogens (tertiary/aromatic N) is 1.